The van der Waals surface area contributed by atoms with Crippen LogP contribution in [0.5, 0.6) is 17.2 Å². The minimum absolute atomic E-state index is 0.158. The number of rotatable bonds is 10. The van der Waals surface area contributed by atoms with Crippen LogP contribution in [0.3, 0.4) is 0 Å². The number of aryl methyl sites for hydroxylation is 1. The number of fused-ring (bicyclic) bond motifs is 3. The van der Waals surface area contributed by atoms with Gasteiger partial charge in [0.15, 0.2) is 11.5 Å². The van der Waals surface area contributed by atoms with Gasteiger partial charge in [-0.25, -0.2) is 4.68 Å². The van der Waals surface area contributed by atoms with Gasteiger partial charge in [0.2, 0.25) is 5.91 Å². The molecule has 0 fully saturated rings. The summed E-state index contributed by atoms with van der Waals surface area (Å²) in [6.45, 7) is 7.02. The second kappa shape index (κ2) is 10.5. The Kier molecular flexibility index (Phi) is 7.24. The van der Waals surface area contributed by atoms with Crippen molar-refractivity contribution in [1.82, 2.24) is 19.5 Å². The number of carbonyl (C=O) groups is 1. The highest BCUT2D eigenvalue weighted by Crippen LogP contribution is 2.28. The van der Waals surface area contributed by atoms with Gasteiger partial charge in [0.25, 0.3) is 5.56 Å². The standard InChI is InChI=1S/C26H30N4O5/c1-5-34-23-10-7-18(13-24(23)35-6-2)11-12-27-25(31)16-29-26(32)22-15-19-14-20(33-4)8-9-21(19)30(22)17(3)28-29/h7-10,13-15H,5-6,11-12,16H2,1-4H3,(H,27,31). The molecule has 184 valence electrons. The number of nitrogens with one attached hydrogen (secondary N) is 1. The third-order valence-electron chi connectivity index (χ3n) is 5.69. The monoisotopic (exact) mass is 478 g/mol. The molecule has 0 spiro atoms. The van der Waals surface area contributed by atoms with Gasteiger partial charge in [0.05, 0.1) is 25.8 Å². The Hall–Kier alpha value is -4.01. The molecule has 0 atom stereocenters. The predicted molar refractivity (Wildman–Crippen MR) is 134 cm³/mol. The Morgan fingerprint density at radius 1 is 1.00 bits per heavy atom. The first-order valence-corrected chi connectivity index (χ1v) is 11.7. The van der Waals surface area contributed by atoms with Gasteiger partial charge in [-0.1, -0.05) is 6.07 Å². The summed E-state index contributed by atoms with van der Waals surface area (Å²) in [5.74, 6) is 2.44. The fourth-order valence-electron chi connectivity index (χ4n) is 4.12. The molecule has 1 amide bonds. The van der Waals surface area contributed by atoms with Gasteiger partial charge >= 0.3 is 0 Å². The van der Waals surface area contributed by atoms with Gasteiger partial charge in [0, 0.05) is 11.9 Å². The normalized spacial score (nSPS) is 11.1. The SMILES string of the molecule is CCOc1ccc(CCNC(=O)Cn2nc(C)n3c(cc4cc(OC)ccc43)c2=O)cc1OCC. The van der Waals surface area contributed by atoms with E-state index in [1.165, 1.54) is 4.68 Å². The highest BCUT2D eigenvalue weighted by atomic mass is 16.5. The number of benzene rings is 2. The summed E-state index contributed by atoms with van der Waals surface area (Å²) in [5.41, 5.74) is 2.02. The molecule has 0 saturated heterocycles. The molecule has 4 rings (SSSR count). The second-order valence-electron chi connectivity index (χ2n) is 8.05. The molecule has 9 nitrogen and oxygen atoms in total. The van der Waals surface area contributed by atoms with Crippen molar-refractivity contribution < 1.29 is 19.0 Å². The van der Waals surface area contributed by atoms with Gasteiger partial charge in [0.1, 0.15) is 23.6 Å². The van der Waals surface area contributed by atoms with Crippen LogP contribution in [0.25, 0.3) is 16.4 Å². The van der Waals surface area contributed by atoms with E-state index in [1.807, 2.05) is 57.2 Å². The van der Waals surface area contributed by atoms with E-state index in [-0.39, 0.29) is 18.0 Å². The first kappa shape index (κ1) is 24.1. The van der Waals surface area contributed by atoms with E-state index in [4.69, 9.17) is 14.2 Å². The molecule has 9 heteroatoms. The Morgan fingerprint density at radius 2 is 1.77 bits per heavy atom. The molecule has 0 radical (unpaired) electrons. The first-order chi connectivity index (χ1) is 16.9. The number of aromatic nitrogens is 3. The van der Waals surface area contributed by atoms with Crippen LogP contribution in [0.1, 0.15) is 25.2 Å². The molecular formula is C26H30N4O5. The molecular weight excluding hydrogens is 448 g/mol. The number of methoxy groups -OCH3 is 1. The molecule has 0 aliphatic carbocycles. The van der Waals surface area contributed by atoms with E-state index in [2.05, 4.69) is 10.4 Å². The lowest BCUT2D eigenvalue weighted by Gasteiger charge is -2.13. The Morgan fingerprint density at radius 3 is 2.51 bits per heavy atom. The fourth-order valence-corrected chi connectivity index (χ4v) is 4.12. The van der Waals surface area contributed by atoms with Crippen LogP contribution in [-0.2, 0) is 17.8 Å². The largest absolute Gasteiger partial charge is 0.497 e. The molecule has 35 heavy (non-hydrogen) atoms. The zero-order valence-corrected chi connectivity index (χ0v) is 20.5. The minimum Gasteiger partial charge on any atom is -0.497 e. The van der Waals surface area contributed by atoms with Crippen LogP contribution in [0.2, 0.25) is 0 Å². The molecule has 0 aliphatic heterocycles. The van der Waals surface area contributed by atoms with Crippen LogP contribution in [0, 0.1) is 6.92 Å². The zero-order chi connectivity index (χ0) is 24.9. The zero-order valence-electron chi connectivity index (χ0n) is 20.5. The van der Waals surface area contributed by atoms with Crippen molar-refractivity contribution in [2.45, 2.75) is 33.7 Å². The lowest BCUT2D eigenvalue weighted by molar-refractivity contribution is -0.121. The van der Waals surface area contributed by atoms with Crippen molar-refractivity contribution in [2.24, 2.45) is 0 Å². The van der Waals surface area contributed by atoms with Crippen molar-refractivity contribution in [3.63, 3.8) is 0 Å². The van der Waals surface area contributed by atoms with Crippen LogP contribution in [-0.4, -0.2) is 47.0 Å². The molecule has 2 heterocycles. The lowest BCUT2D eigenvalue weighted by atomic mass is 10.1. The highest BCUT2D eigenvalue weighted by Gasteiger charge is 2.15. The molecule has 0 unspecified atom stereocenters. The summed E-state index contributed by atoms with van der Waals surface area (Å²) in [7, 11) is 1.60. The molecule has 0 bridgehead atoms. The number of nitrogens with zero attached hydrogens (tertiary/aromatic N) is 3. The van der Waals surface area contributed by atoms with E-state index in [0.29, 0.717) is 54.8 Å². The van der Waals surface area contributed by atoms with Gasteiger partial charge in [-0.2, -0.15) is 5.10 Å². The van der Waals surface area contributed by atoms with Crippen molar-refractivity contribution >= 4 is 22.3 Å². The maximum atomic E-state index is 13.1. The van der Waals surface area contributed by atoms with E-state index in [9.17, 15) is 9.59 Å². The molecule has 2 aromatic carbocycles. The van der Waals surface area contributed by atoms with E-state index in [1.54, 1.807) is 17.6 Å². The van der Waals surface area contributed by atoms with Crippen molar-refractivity contribution in [2.75, 3.05) is 26.9 Å². The fraction of sp³-hybridized carbons (Fsp3) is 0.346. The summed E-state index contributed by atoms with van der Waals surface area (Å²) in [5, 5.41) is 8.12. The molecule has 0 saturated carbocycles. The summed E-state index contributed by atoms with van der Waals surface area (Å²) in [6.07, 6.45) is 0.616. The third kappa shape index (κ3) is 5.08. The van der Waals surface area contributed by atoms with Gasteiger partial charge in [-0.05, 0) is 69.2 Å². The quantitative estimate of drug-likeness (QED) is 0.376. The number of carbonyl (C=O) groups excluding carboxylic acids is 1. The molecule has 2 aromatic heterocycles. The smallest absolute Gasteiger partial charge is 0.291 e. The first-order valence-electron chi connectivity index (χ1n) is 11.7. The summed E-state index contributed by atoms with van der Waals surface area (Å²) in [4.78, 5) is 25.7. The van der Waals surface area contributed by atoms with E-state index >= 15 is 0 Å². The minimum atomic E-state index is -0.325. The van der Waals surface area contributed by atoms with Gasteiger partial charge in [-0.15, -0.1) is 0 Å². The van der Waals surface area contributed by atoms with Crippen LogP contribution < -0.4 is 25.1 Å². The van der Waals surface area contributed by atoms with Crippen LogP contribution in [0.4, 0.5) is 0 Å². The average Bonchev–Trinajstić information content (AvgIpc) is 3.23. The summed E-state index contributed by atoms with van der Waals surface area (Å²) < 4.78 is 19.5. The topological polar surface area (TPSA) is 96.1 Å². The highest BCUT2D eigenvalue weighted by molar-refractivity contribution is 5.88. The maximum absolute atomic E-state index is 13.1. The van der Waals surface area contributed by atoms with Crippen molar-refractivity contribution in [1.29, 1.82) is 0 Å². The number of hydrogen-bond donors (Lipinski definition) is 1. The lowest BCUT2D eigenvalue weighted by Crippen LogP contribution is -2.35. The van der Waals surface area contributed by atoms with Crippen LogP contribution in [0.15, 0.2) is 47.3 Å². The Bertz CT molecular complexity index is 1420. The number of ether oxygens (including phenoxy) is 3. The number of hydrogen-bond acceptors (Lipinski definition) is 6. The predicted octanol–water partition coefficient (Wildman–Crippen LogP) is 3.12. The third-order valence-corrected chi connectivity index (χ3v) is 5.69. The van der Waals surface area contributed by atoms with Gasteiger partial charge < -0.3 is 19.5 Å². The summed E-state index contributed by atoms with van der Waals surface area (Å²) in [6, 6.07) is 13.2. The molecule has 0 aliphatic rings. The maximum Gasteiger partial charge on any atom is 0.291 e. The van der Waals surface area contributed by atoms with Gasteiger partial charge in [-0.3, -0.25) is 14.0 Å². The number of amides is 1. The van der Waals surface area contributed by atoms with Crippen molar-refractivity contribution in [3.05, 3.63) is 64.2 Å². The Labute approximate surface area is 203 Å². The second-order valence-corrected chi connectivity index (χ2v) is 8.05. The summed E-state index contributed by atoms with van der Waals surface area (Å²) >= 11 is 0. The van der Waals surface area contributed by atoms with Crippen LogP contribution >= 0.6 is 0 Å². The molecule has 4 aromatic rings. The average molecular weight is 479 g/mol. The van der Waals surface area contributed by atoms with E-state index in [0.717, 1.165) is 16.5 Å². The van der Waals surface area contributed by atoms with E-state index < -0.39 is 0 Å². The van der Waals surface area contributed by atoms with Crippen molar-refractivity contribution in [3.8, 4) is 17.2 Å². The molecule has 1 N–H and O–H groups in total. The Balaban J connectivity index is 1.45.